The molecule has 41 heavy (non-hydrogen) atoms. The molecule has 0 saturated carbocycles. The van der Waals surface area contributed by atoms with Crippen molar-refractivity contribution < 1.29 is 0 Å². The Morgan fingerprint density at radius 2 is 1.27 bits per heavy atom. The van der Waals surface area contributed by atoms with Gasteiger partial charge >= 0.3 is 0 Å². The Labute approximate surface area is 238 Å². The molecule has 2 aliphatic rings. The van der Waals surface area contributed by atoms with Gasteiger partial charge in [0.05, 0.1) is 11.4 Å². The van der Waals surface area contributed by atoms with E-state index in [0.29, 0.717) is 0 Å². The first kappa shape index (κ1) is 22.6. The predicted molar refractivity (Wildman–Crippen MR) is 172 cm³/mol. The van der Waals surface area contributed by atoms with Crippen molar-refractivity contribution in [2.75, 3.05) is 0 Å². The van der Waals surface area contributed by atoms with Crippen LogP contribution < -0.4 is 0 Å². The van der Waals surface area contributed by atoms with Crippen LogP contribution >= 0.6 is 0 Å². The van der Waals surface area contributed by atoms with Crippen molar-refractivity contribution in [2.24, 2.45) is 0 Å². The molecule has 0 amide bonds. The first-order valence-electron chi connectivity index (χ1n) is 14.3. The zero-order valence-corrected chi connectivity index (χ0v) is 22.5. The molecular formula is C39H26N2. The number of allylic oxidation sites excluding steroid dienone is 2. The highest BCUT2D eigenvalue weighted by atomic mass is 15.0. The molecule has 9 rings (SSSR count). The van der Waals surface area contributed by atoms with E-state index < -0.39 is 0 Å². The number of rotatable bonds is 3. The van der Waals surface area contributed by atoms with Gasteiger partial charge in [-0.1, -0.05) is 103 Å². The summed E-state index contributed by atoms with van der Waals surface area (Å²) >= 11 is 0. The lowest BCUT2D eigenvalue weighted by Crippen LogP contribution is -2.04. The van der Waals surface area contributed by atoms with Crippen molar-refractivity contribution in [3.8, 4) is 33.6 Å². The van der Waals surface area contributed by atoms with Crippen LogP contribution in [-0.2, 0) is 12.8 Å². The van der Waals surface area contributed by atoms with Gasteiger partial charge in [-0.3, -0.25) is 4.40 Å². The van der Waals surface area contributed by atoms with Gasteiger partial charge in [-0.15, -0.1) is 0 Å². The van der Waals surface area contributed by atoms with E-state index in [1.807, 2.05) is 6.07 Å². The van der Waals surface area contributed by atoms with Gasteiger partial charge in [-0.25, -0.2) is 4.98 Å². The zero-order valence-electron chi connectivity index (χ0n) is 22.5. The minimum absolute atomic E-state index is 0.954. The summed E-state index contributed by atoms with van der Waals surface area (Å²) in [6, 6.07) is 37.3. The highest BCUT2D eigenvalue weighted by molar-refractivity contribution is 6.17. The summed E-state index contributed by atoms with van der Waals surface area (Å²) in [6.45, 7) is 0. The smallest absolute Gasteiger partial charge is 0.137 e. The summed E-state index contributed by atoms with van der Waals surface area (Å²) in [5.41, 5.74) is 13.5. The molecular weight excluding hydrogens is 496 g/mol. The van der Waals surface area contributed by atoms with Crippen LogP contribution in [0, 0.1) is 0 Å². The topological polar surface area (TPSA) is 17.3 Å². The largest absolute Gasteiger partial charge is 0.299 e. The summed E-state index contributed by atoms with van der Waals surface area (Å²) in [4.78, 5) is 5.02. The standard InChI is InChI=1S/C39H26N2/c1-2-9-27(10-3-1)38-39(41-22-5-4-17-35(41)40-38)28-20-18-25(19-21-28)30-23-29-13-8-15-32-31-14-6-11-26-12-7-16-33(36(26)31)34(24-30)37(29)32/h1-13,16-24H,14-15H2. The number of nitrogens with zero attached hydrogens (tertiary/aromatic N) is 2. The van der Waals surface area contributed by atoms with E-state index in [9.17, 15) is 0 Å². The van der Waals surface area contributed by atoms with Crippen LogP contribution in [0.3, 0.4) is 0 Å². The molecule has 0 unspecified atom stereocenters. The monoisotopic (exact) mass is 522 g/mol. The quantitative estimate of drug-likeness (QED) is 0.211. The third-order valence-corrected chi connectivity index (χ3v) is 8.83. The molecule has 0 radical (unpaired) electrons. The Kier molecular flexibility index (Phi) is 4.76. The fourth-order valence-electron chi connectivity index (χ4n) is 7.03. The molecule has 0 atom stereocenters. The van der Waals surface area contributed by atoms with E-state index in [1.165, 1.54) is 54.9 Å². The Balaban J connectivity index is 1.23. The SMILES string of the molecule is C1=Cc2cccc3c2c(c2c4c(cc(-c5ccc(-c6c(-c7ccccc7)nc7ccccn67)cc5)cc43)C=CC2)C1. The van der Waals surface area contributed by atoms with Crippen molar-refractivity contribution in [2.45, 2.75) is 12.8 Å². The number of pyridine rings is 1. The Bertz CT molecular complexity index is 2230. The molecule has 0 saturated heterocycles. The normalized spacial score (nSPS) is 13.5. The van der Waals surface area contributed by atoms with Gasteiger partial charge in [0.25, 0.3) is 0 Å². The minimum atomic E-state index is 0.954. The highest BCUT2D eigenvalue weighted by Gasteiger charge is 2.21. The van der Waals surface area contributed by atoms with Gasteiger partial charge < -0.3 is 0 Å². The van der Waals surface area contributed by atoms with Gasteiger partial charge in [0.1, 0.15) is 5.65 Å². The summed E-state index contributed by atoms with van der Waals surface area (Å²) in [6.07, 6.45) is 13.4. The first-order valence-corrected chi connectivity index (χ1v) is 14.3. The Morgan fingerprint density at radius 1 is 0.537 bits per heavy atom. The lowest BCUT2D eigenvalue weighted by atomic mass is 9.80. The summed E-state index contributed by atoms with van der Waals surface area (Å²) in [5, 5.41) is 5.60. The van der Waals surface area contributed by atoms with Gasteiger partial charge in [0.15, 0.2) is 0 Å². The van der Waals surface area contributed by atoms with Crippen LogP contribution in [0.5, 0.6) is 0 Å². The molecule has 0 fully saturated rings. The van der Waals surface area contributed by atoms with Gasteiger partial charge in [0.2, 0.25) is 0 Å². The van der Waals surface area contributed by atoms with E-state index in [-0.39, 0.29) is 0 Å². The Morgan fingerprint density at radius 3 is 2.10 bits per heavy atom. The third-order valence-electron chi connectivity index (χ3n) is 8.83. The van der Waals surface area contributed by atoms with Crippen molar-refractivity contribution in [3.05, 3.63) is 144 Å². The van der Waals surface area contributed by atoms with Crippen molar-refractivity contribution in [1.29, 1.82) is 0 Å². The highest BCUT2D eigenvalue weighted by Crippen LogP contribution is 2.43. The summed E-state index contributed by atoms with van der Waals surface area (Å²) < 4.78 is 2.20. The van der Waals surface area contributed by atoms with Crippen LogP contribution in [0.15, 0.2) is 121 Å². The van der Waals surface area contributed by atoms with E-state index in [2.05, 4.69) is 132 Å². The van der Waals surface area contributed by atoms with Crippen molar-refractivity contribution >= 4 is 39.3 Å². The maximum absolute atomic E-state index is 5.02. The van der Waals surface area contributed by atoms with Crippen molar-refractivity contribution in [1.82, 2.24) is 9.38 Å². The van der Waals surface area contributed by atoms with Crippen LogP contribution in [-0.4, -0.2) is 9.38 Å². The molecule has 0 bridgehead atoms. The first-order chi connectivity index (χ1) is 20.3. The fraction of sp³-hybridized carbons (Fsp3) is 0.0513. The fourth-order valence-corrected chi connectivity index (χ4v) is 7.03. The summed E-state index contributed by atoms with van der Waals surface area (Å²) in [7, 11) is 0. The van der Waals surface area contributed by atoms with E-state index >= 15 is 0 Å². The number of benzene rings is 5. The van der Waals surface area contributed by atoms with Crippen LogP contribution in [0.1, 0.15) is 22.3 Å². The maximum atomic E-state index is 5.02. The molecule has 192 valence electrons. The summed E-state index contributed by atoms with van der Waals surface area (Å²) in [5.74, 6) is 0. The molecule has 7 aromatic rings. The molecule has 0 aliphatic heterocycles. The van der Waals surface area contributed by atoms with Crippen molar-refractivity contribution in [3.63, 3.8) is 0 Å². The number of hydrogen-bond donors (Lipinski definition) is 0. The van der Waals surface area contributed by atoms with Crippen LogP contribution in [0.4, 0.5) is 0 Å². The number of aromatic nitrogens is 2. The lowest BCUT2D eigenvalue weighted by Gasteiger charge is -2.24. The number of hydrogen-bond acceptors (Lipinski definition) is 1. The number of fused-ring (bicyclic) bond motifs is 3. The predicted octanol–water partition coefficient (Wildman–Crippen LogP) is 9.78. The average Bonchev–Trinajstić information content (AvgIpc) is 3.43. The third kappa shape index (κ3) is 3.34. The van der Waals surface area contributed by atoms with Gasteiger partial charge in [-0.05, 0) is 92.0 Å². The lowest BCUT2D eigenvalue weighted by molar-refractivity contribution is 1.18. The van der Waals surface area contributed by atoms with E-state index in [1.54, 1.807) is 0 Å². The van der Waals surface area contributed by atoms with Crippen LogP contribution in [0.25, 0.3) is 73.0 Å². The average molecular weight is 523 g/mol. The molecule has 5 aromatic carbocycles. The number of imidazole rings is 1. The molecule has 0 spiro atoms. The molecule has 2 heteroatoms. The van der Waals surface area contributed by atoms with E-state index in [0.717, 1.165) is 41.0 Å². The molecule has 2 nitrogen and oxygen atoms in total. The minimum Gasteiger partial charge on any atom is -0.299 e. The molecule has 2 aromatic heterocycles. The Hall–Kier alpha value is -5.21. The van der Waals surface area contributed by atoms with Crippen LogP contribution in [0.2, 0.25) is 0 Å². The molecule has 2 aliphatic carbocycles. The second-order valence-corrected chi connectivity index (χ2v) is 11.1. The maximum Gasteiger partial charge on any atom is 0.137 e. The molecule has 2 heterocycles. The zero-order chi connectivity index (χ0) is 26.9. The second-order valence-electron chi connectivity index (χ2n) is 11.1. The van der Waals surface area contributed by atoms with E-state index in [4.69, 9.17) is 4.98 Å². The molecule has 0 N–H and O–H groups in total. The van der Waals surface area contributed by atoms with Gasteiger partial charge in [0, 0.05) is 17.3 Å². The second kappa shape index (κ2) is 8.64. The van der Waals surface area contributed by atoms with Gasteiger partial charge in [-0.2, -0.15) is 0 Å².